The predicted molar refractivity (Wildman–Crippen MR) is 82.7 cm³/mol. The largest absolute Gasteiger partial charge is 0.481 e. The van der Waals surface area contributed by atoms with E-state index in [9.17, 15) is 9.59 Å². The van der Waals surface area contributed by atoms with E-state index < -0.39 is 5.97 Å². The molecule has 2 N–H and O–H groups in total. The van der Waals surface area contributed by atoms with Crippen molar-refractivity contribution in [2.45, 2.75) is 26.8 Å². The van der Waals surface area contributed by atoms with E-state index >= 15 is 0 Å². The number of carbonyl (C=O) groups is 2. The quantitative estimate of drug-likeness (QED) is 0.892. The number of hydrogen-bond acceptors (Lipinski definition) is 3. The number of hydrogen-bond donors (Lipinski definition) is 2. The zero-order valence-corrected chi connectivity index (χ0v) is 12.8. The molecule has 0 fully saturated rings. The van der Waals surface area contributed by atoms with Crippen LogP contribution in [0, 0.1) is 13.8 Å². The molecule has 2 aromatic rings. The lowest BCUT2D eigenvalue weighted by Crippen LogP contribution is -2.22. The Balaban J connectivity index is 2.06. The number of aryl methyl sites for hydroxylation is 2. The van der Waals surface area contributed by atoms with Gasteiger partial charge in [-0.05, 0) is 36.6 Å². The average Bonchev–Trinajstić information content (AvgIpc) is 2.77. The van der Waals surface area contributed by atoms with Crippen molar-refractivity contribution in [1.29, 1.82) is 0 Å². The van der Waals surface area contributed by atoms with Gasteiger partial charge in [0.15, 0.2) is 0 Å². The molecule has 0 atom stereocenters. The number of benzene rings is 1. The standard InChI is InChI=1S/C16H17NO3S/c1-10-7-14(21-11(10)2)16(20)17-9-13-6-4-3-5-12(13)8-15(18)19/h3-7H,8-9H2,1-2H3,(H,17,20)(H,18,19). The summed E-state index contributed by atoms with van der Waals surface area (Å²) in [5.41, 5.74) is 2.67. The van der Waals surface area contributed by atoms with Crippen LogP contribution in [0.2, 0.25) is 0 Å². The lowest BCUT2D eigenvalue weighted by Gasteiger charge is -2.08. The van der Waals surface area contributed by atoms with Gasteiger partial charge in [-0.2, -0.15) is 0 Å². The molecule has 1 aromatic carbocycles. The first-order valence-corrected chi connectivity index (χ1v) is 7.43. The third-order valence-corrected chi connectivity index (χ3v) is 4.44. The van der Waals surface area contributed by atoms with Gasteiger partial charge < -0.3 is 10.4 Å². The molecule has 4 nitrogen and oxygen atoms in total. The first-order chi connectivity index (χ1) is 9.97. The first kappa shape index (κ1) is 15.3. The second kappa shape index (κ2) is 6.54. The number of thiophene rings is 1. The number of carbonyl (C=O) groups excluding carboxylic acids is 1. The molecule has 1 aromatic heterocycles. The molecule has 0 bridgehead atoms. The fourth-order valence-corrected chi connectivity index (χ4v) is 2.96. The van der Waals surface area contributed by atoms with Gasteiger partial charge in [0.1, 0.15) is 0 Å². The van der Waals surface area contributed by atoms with Crippen LogP contribution >= 0.6 is 11.3 Å². The topological polar surface area (TPSA) is 66.4 Å². The zero-order chi connectivity index (χ0) is 15.4. The minimum Gasteiger partial charge on any atom is -0.481 e. The first-order valence-electron chi connectivity index (χ1n) is 6.61. The van der Waals surface area contributed by atoms with Crippen molar-refractivity contribution in [2.75, 3.05) is 0 Å². The predicted octanol–water partition coefficient (Wildman–Crippen LogP) is 2.92. The van der Waals surface area contributed by atoms with Crippen LogP contribution in [0.15, 0.2) is 30.3 Å². The average molecular weight is 303 g/mol. The summed E-state index contributed by atoms with van der Waals surface area (Å²) >= 11 is 1.47. The van der Waals surface area contributed by atoms with Crippen molar-refractivity contribution >= 4 is 23.2 Å². The number of carboxylic acid groups (broad SMARTS) is 1. The molecule has 0 spiro atoms. The van der Waals surface area contributed by atoms with Crippen LogP contribution in [0.5, 0.6) is 0 Å². The van der Waals surface area contributed by atoms with Crippen LogP contribution in [-0.2, 0) is 17.8 Å². The van der Waals surface area contributed by atoms with E-state index in [0.29, 0.717) is 11.4 Å². The maximum Gasteiger partial charge on any atom is 0.307 e. The van der Waals surface area contributed by atoms with E-state index in [1.54, 1.807) is 12.1 Å². The Bertz CT molecular complexity index is 656. The fraction of sp³-hybridized carbons (Fsp3) is 0.250. The van der Waals surface area contributed by atoms with Crippen LogP contribution in [-0.4, -0.2) is 17.0 Å². The number of aliphatic carboxylic acids is 1. The molecule has 21 heavy (non-hydrogen) atoms. The summed E-state index contributed by atoms with van der Waals surface area (Å²) in [5.74, 6) is -1.00. The number of amides is 1. The molecule has 0 saturated heterocycles. The molecule has 5 heteroatoms. The van der Waals surface area contributed by atoms with Crippen LogP contribution in [0.3, 0.4) is 0 Å². The molecular weight excluding hydrogens is 286 g/mol. The highest BCUT2D eigenvalue weighted by atomic mass is 32.1. The molecule has 0 aliphatic carbocycles. The van der Waals surface area contributed by atoms with E-state index in [4.69, 9.17) is 5.11 Å². The normalized spacial score (nSPS) is 10.4. The lowest BCUT2D eigenvalue weighted by molar-refractivity contribution is -0.136. The lowest BCUT2D eigenvalue weighted by atomic mass is 10.0. The van der Waals surface area contributed by atoms with Gasteiger partial charge in [-0.1, -0.05) is 24.3 Å². The highest BCUT2D eigenvalue weighted by Crippen LogP contribution is 2.20. The second-order valence-electron chi connectivity index (χ2n) is 4.87. The highest BCUT2D eigenvalue weighted by molar-refractivity contribution is 7.14. The second-order valence-corrected chi connectivity index (χ2v) is 6.13. The Labute approximate surface area is 127 Å². The van der Waals surface area contributed by atoms with E-state index in [1.165, 1.54) is 11.3 Å². The van der Waals surface area contributed by atoms with Gasteiger partial charge in [0, 0.05) is 11.4 Å². The number of rotatable bonds is 5. The minimum atomic E-state index is -0.877. The van der Waals surface area contributed by atoms with Gasteiger partial charge in [0.25, 0.3) is 5.91 Å². The molecule has 0 unspecified atom stereocenters. The van der Waals surface area contributed by atoms with Gasteiger partial charge in [-0.15, -0.1) is 11.3 Å². The Kier molecular flexibility index (Phi) is 4.75. The highest BCUT2D eigenvalue weighted by Gasteiger charge is 2.11. The molecule has 0 aliphatic heterocycles. The van der Waals surface area contributed by atoms with Crippen molar-refractivity contribution in [2.24, 2.45) is 0 Å². The summed E-state index contributed by atoms with van der Waals surface area (Å²) in [4.78, 5) is 24.7. The van der Waals surface area contributed by atoms with Crippen LogP contribution in [0.4, 0.5) is 0 Å². The SMILES string of the molecule is Cc1cc(C(=O)NCc2ccccc2CC(=O)O)sc1C. The van der Waals surface area contributed by atoms with E-state index in [2.05, 4.69) is 5.32 Å². The number of carboxylic acids is 1. The third kappa shape index (κ3) is 3.92. The van der Waals surface area contributed by atoms with Crippen LogP contribution < -0.4 is 5.32 Å². The Morgan fingerprint density at radius 2 is 1.86 bits per heavy atom. The minimum absolute atomic E-state index is 0.0384. The van der Waals surface area contributed by atoms with Crippen LogP contribution in [0.1, 0.15) is 31.2 Å². The molecule has 1 heterocycles. The molecule has 1 amide bonds. The monoisotopic (exact) mass is 303 g/mol. The van der Waals surface area contributed by atoms with Crippen molar-refractivity contribution in [3.05, 3.63) is 56.8 Å². The van der Waals surface area contributed by atoms with Crippen molar-refractivity contribution in [1.82, 2.24) is 5.32 Å². The molecular formula is C16H17NO3S. The van der Waals surface area contributed by atoms with Crippen molar-refractivity contribution < 1.29 is 14.7 Å². The smallest absolute Gasteiger partial charge is 0.307 e. The maximum atomic E-state index is 12.1. The molecule has 0 saturated carbocycles. The Morgan fingerprint density at radius 1 is 1.19 bits per heavy atom. The Morgan fingerprint density at radius 3 is 2.43 bits per heavy atom. The summed E-state index contributed by atoms with van der Waals surface area (Å²) in [6, 6.07) is 9.12. The summed E-state index contributed by atoms with van der Waals surface area (Å²) in [6.45, 7) is 4.29. The van der Waals surface area contributed by atoms with Crippen molar-refractivity contribution in [3.8, 4) is 0 Å². The molecule has 0 radical (unpaired) electrons. The van der Waals surface area contributed by atoms with Gasteiger partial charge in [-0.25, -0.2) is 0 Å². The van der Waals surface area contributed by atoms with Gasteiger partial charge in [0.05, 0.1) is 11.3 Å². The zero-order valence-electron chi connectivity index (χ0n) is 12.0. The summed E-state index contributed by atoms with van der Waals surface area (Å²) < 4.78 is 0. The third-order valence-electron chi connectivity index (χ3n) is 3.29. The summed E-state index contributed by atoms with van der Waals surface area (Å²) in [6.07, 6.45) is -0.0384. The maximum absolute atomic E-state index is 12.1. The van der Waals surface area contributed by atoms with Crippen LogP contribution in [0.25, 0.3) is 0 Å². The van der Waals surface area contributed by atoms with Crippen molar-refractivity contribution in [3.63, 3.8) is 0 Å². The Hall–Kier alpha value is -2.14. The van der Waals surface area contributed by atoms with Gasteiger partial charge in [0.2, 0.25) is 0 Å². The molecule has 2 rings (SSSR count). The fourth-order valence-electron chi connectivity index (χ4n) is 2.01. The van der Waals surface area contributed by atoms with Gasteiger partial charge >= 0.3 is 5.97 Å². The summed E-state index contributed by atoms with van der Waals surface area (Å²) in [7, 11) is 0. The van der Waals surface area contributed by atoms with Gasteiger partial charge in [-0.3, -0.25) is 9.59 Å². The molecule has 110 valence electrons. The number of nitrogens with one attached hydrogen (secondary N) is 1. The van der Waals surface area contributed by atoms with E-state index in [1.807, 2.05) is 32.0 Å². The molecule has 0 aliphatic rings. The van der Waals surface area contributed by atoms with E-state index in [0.717, 1.165) is 21.6 Å². The van der Waals surface area contributed by atoms with E-state index in [-0.39, 0.29) is 12.3 Å². The summed E-state index contributed by atoms with van der Waals surface area (Å²) in [5, 5.41) is 11.7.